The molecule has 2 aromatic heterocycles. The number of amides is 1. The normalized spacial score (nSPS) is 12.1. The number of fused-ring (bicyclic) bond motifs is 1. The third-order valence-corrected chi connectivity index (χ3v) is 3.86. The van der Waals surface area contributed by atoms with E-state index in [1.165, 1.54) is 12.3 Å². The summed E-state index contributed by atoms with van der Waals surface area (Å²) in [5, 5.41) is 11.3. The fraction of sp³-hybridized carbons (Fsp3) is 0.125. The lowest BCUT2D eigenvalue weighted by Gasteiger charge is -2.15. The molecule has 26 heavy (non-hydrogen) atoms. The molecule has 0 aliphatic heterocycles. The molecule has 1 aromatic carbocycles. The second kappa shape index (κ2) is 7.16. The van der Waals surface area contributed by atoms with E-state index < -0.39 is 29.4 Å². The van der Waals surface area contributed by atoms with Crippen molar-refractivity contribution in [2.75, 3.05) is 0 Å². The predicted molar refractivity (Wildman–Crippen MR) is 89.7 cm³/mol. The van der Waals surface area contributed by atoms with Crippen LogP contribution in [0.1, 0.15) is 17.5 Å². The molecule has 0 saturated carbocycles. The van der Waals surface area contributed by atoms with Crippen molar-refractivity contribution in [2.45, 2.75) is 12.5 Å². The monoisotopic (exact) mass is 425 g/mol. The van der Waals surface area contributed by atoms with Gasteiger partial charge in [-0.3, -0.25) is 0 Å². The number of carbonyl (C=O) groups is 1. The summed E-state index contributed by atoms with van der Waals surface area (Å²) in [6, 6.07) is 3.12. The number of nitrogens with zero attached hydrogens (tertiary/aromatic N) is 2. The van der Waals surface area contributed by atoms with Crippen LogP contribution in [0.4, 0.5) is 13.6 Å². The van der Waals surface area contributed by atoms with Gasteiger partial charge in [0.05, 0.1) is 0 Å². The largest absolute Gasteiger partial charge is 0.465 e. The summed E-state index contributed by atoms with van der Waals surface area (Å²) in [5.41, 5.74) is -0.543. The van der Waals surface area contributed by atoms with Gasteiger partial charge in [0.15, 0.2) is 5.65 Å². The molecular weight excluding hydrogens is 416 g/mol. The highest BCUT2D eigenvalue weighted by Gasteiger charge is 2.22. The van der Waals surface area contributed by atoms with Gasteiger partial charge in [-0.25, -0.2) is 23.4 Å². The Hall–Kier alpha value is -2.88. The fourth-order valence-electron chi connectivity index (χ4n) is 2.41. The SMILES string of the molecule is O=C(O)NC(Cc1cc(F)cc(F)c1)c1nc2ncc(Br)cc2c(=O)o1. The maximum Gasteiger partial charge on any atom is 0.405 e. The van der Waals surface area contributed by atoms with Gasteiger partial charge in [0, 0.05) is 23.2 Å². The number of hydrogen-bond donors (Lipinski definition) is 2. The van der Waals surface area contributed by atoms with Crippen molar-refractivity contribution in [1.29, 1.82) is 0 Å². The van der Waals surface area contributed by atoms with Crippen LogP contribution in [-0.4, -0.2) is 21.2 Å². The van der Waals surface area contributed by atoms with E-state index in [1.54, 1.807) is 0 Å². The van der Waals surface area contributed by atoms with E-state index >= 15 is 0 Å². The van der Waals surface area contributed by atoms with Crippen molar-refractivity contribution < 1.29 is 23.1 Å². The number of carboxylic acid groups (broad SMARTS) is 1. The number of pyridine rings is 1. The number of nitrogens with one attached hydrogen (secondary N) is 1. The molecule has 0 spiro atoms. The molecule has 3 aromatic rings. The minimum absolute atomic E-state index is 0.0575. The Bertz CT molecular complexity index is 1040. The van der Waals surface area contributed by atoms with Gasteiger partial charge in [0.25, 0.3) is 0 Å². The first kappa shape index (κ1) is 17.9. The number of hydrogen-bond acceptors (Lipinski definition) is 5. The third kappa shape index (κ3) is 4.02. The van der Waals surface area contributed by atoms with Gasteiger partial charge in [-0.15, -0.1) is 0 Å². The van der Waals surface area contributed by atoms with E-state index in [-0.39, 0.29) is 28.9 Å². The van der Waals surface area contributed by atoms with Crippen molar-refractivity contribution in [3.8, 4) is 0 Å². The molecule has 0 fully saturated rings. The molecule has 2 N–H and O–H groups in total. The Morgan fingerprint density at radius 1 is 1.27 bits per heavy atom. The van der Waals surface area contributed by atoms with Crippen molar-refractivity contribution in [1.82, 2.24) is 15.3 Å². The van der Waals surface area contributed by atoms with Crippen molar-refractivity contribution >= 4 is 33.1 Å². The molecule has 1 atom stereocenters. The van der Waals surface area contributed by atoms with Crippen LogP contribution in [-0.2, 0) is 6.42 Å². The molecule has 7 nitrogen and oxygen atoms in total. The number of rotatable bonds is 4. The topological polar surface area (TPSA) is 105 Å². The molecule has 0 saturated heterocycles. The molecular formula is C16H10BrF2N3O4. The van der Waals surface area contributed by atoms with E-state index in [2.05, 4.69) is 31.2 Å². The quantitative estimate of drug-likeness (QED) is 0.664. The van der Waals surface area contributed by atoms with Gasteiger partial charge in [-0.2, -0.15) is 4.98 Å². The molecule has 1 unspecified atom stereocenters. The van der Waals surface area contributed by atoms with Gasteiger partial charge in [-0.1, -0.05) is 0 Å². The lowest BCUT2D eigenvalue weighted by atomic mass is 10.1. The van der Waals surface area contributed by atoms with Crippen LogP contribution in [0.25, 0.3) is 11.0 Å². The summed E-state index contributed by atoms with van der Waals surface area (Å²) < 4.78 is 32.4. The maximum atomic E-state index is 13.4. The molecule has 1 amide bonds. The highest BCUT2D eigenvalue weighted by Crippen LogP contribution is 2.20. The average Bonchev–Trinajstić information content (AvgIpc) is 2.53. The zero-order chi connectivity index (χ0) is 18.8. The summed E-state index contributed by atoms with van der Waals surface area (Å²) in [6.07, 6.45) is -0.181. The summed E-state index contributed by atoms with van der Waals surface area (Å²) in [6.45, 7) is 0. The Balaban J connectivity index is 2.04. The summed E-state index contributed by atoms with van der Waals surface area (Å²) in [4.78, 5) is 31.3. The molecule has 0 aliphatic carbocycles. The van der Waals surface area contributed by atoms with Crippen molar-refractivity contribution in [3.63, 3.8) is 0 Å². The first-order chi connectivity index (χ1) is 12.3. The Kier molecular flexibility index (Phi) is 4.94. The maximum absolute atomic E-state index is 13.4. The van der Waals surface area contributed by atoms with Crippen LogP contribution in [0, 0.1) is 11.6 Å². The first-order valence-corrected chi connectivity index (χ1v) is 8.02. The highest BCUT2D eigenvalue weighted by molar-refractivity contribution is 9.10. The zero-order valence-corrected chi connectivity index (χ0v) is 14.5. The summed E-state index contributed by atoms with van der Waals surface area (Å²) in [5.74, 6) is -1.88. The van der Waals surface area contributed by atoms with Crippen molar-refractivity contribution in [3.05, 3.63) is 68.4 Å². The second-order valence-corrected chi connectivity index (χ2v) is 6.26. The second-order valence-electron chi connectivity index (χ2n) is 5.35. The molecule has 134 valence electrons. The molecule has 0 radical (unpaired) electrons. The van der Waals surface area contributed by atoms with Crippen LogP contribution in [0.15, 0.2) is 44.1 Å². The van der Waals surface area contributed by atoms with E-state index in [4.69, 9.17) is 9.52 Å². The lowest BCUT2D eigenvalue weighted by molar-refractivity contribution is 0.186. The van der Waals surface area contributed by atoms with Crippen LogP contribution in [0.3, 0.4) is 0 Å². The van der Waals surface area contributed by atoms with Crippen molar-refractivity contribution in [2.24, 2.45) is 0 Å². The number of halogens is 3. The fourth-order valence-corrected chi connectivity index (χ4v) is 2.74. The van der Waals surface area contributed by atoms with Gasteiger partial charge in [0.2, 0.25) is 5.89 Å². The highest BCUT2D eigenvalue weighted by atomic mass is 79.9. The average molecular weight is 426 g/mol. The van der Waals surface area contributed by atoms with Gasteiger partial charge in [0.1, 0.15) is 23.1 Å². The molecule has 0 aliphatic rings. The van der Waals surface area contributed by atoms with E-state index in [0.717, 1.165) is 12.1 Å². The van der Waals surface area contributed by atoms with Crippen LogP contribution < -0.4 is 10.9 Å². The minimum atomic E-state index is -1.42. The zero-order valence-electron chi connectivity index (χ0n) is 12.9. The summed E-state index contributed by atoms with van der Waals surface area (Å²) in [7, 11) is 0. The number of benzene rings is 1. The molecule has 3 rings (SSSR count). The van der Waals surface area contributed by atoms with E-state index in [9.17, 15) is 18.4 Å². The lowest BCUT2D eigenvalue weighted by Crippen LogP contribution is -2.30. The predicted octanol–water partition coefficient (Wildman–Crippen LogP) is 3.18. The molecule has 10 heteroatoms. The van der Waals surface area contributed by atoms with Crippen LogP contribution in [0.2, 0.25) is 0 Å². The standard InChI is InChI=1S/C16H10BrF2N3O4/c17-8-4-11-13(20-6-8)22-14(26-15(11)23)12(21-16(24)25)3-7-1-9(18)5-10(19)2-7/h1-2,4-6,12,21H,3H2,(H,24,25). The Morgan fingerprint density at radius 2 is 1.96 bits per heavy atom. The number of aromatic nitrogens is 2. The summed E-state index contributed by atoms with van der Waals surface area (Å²) >= 11 is 3.17. The third-order valence-electron chi connectivity index (χ3n) is 3.42. The smallest absolute Gasteiger partial charge is 0.405 e. The van der Waals surface area contributed by atoms with Gasteiger partial charge in [-0.05, 0) is 39.7 Å². The first-order valence-electron chi connectivity index (χ1n) is 7.22. The van der Waals surface area contributed by atoms with E-state index in [0.29, 0.717) is 10.5 Å². The minimum Gasteiger partial charge on any atom is -0.465 e. The van der Waals surface area contributed by atoms with Crippen LogP contribution in [0.5, 0.6) is 0 Å². The molecule has 2 heterocycles. The van der Waals surface area contributed by atoms with Crippen LogP contribution >= 0.6 is 15.9 Å². The van der Waals surface area contributed by atoms with Gasteiger partial charge >= 0.3 is 11.7 Å². The Labute approximate surface area is 152 Å². The van der Waals surface area contributed by atoms with Gasteiger partial charge < -0.3 is 14.8 Å². The Morgan fingerprint density at radius 3 is 2.62 bits per heavy atom. The van der Waals surface area contributed by atoms with E-state index in [1.807, 2.05) is 0 Å². The molecule has 0 bridgehead atoms.